The average Bonchev–Trinajstić information content (AvgIpc) is 2.75. The molecule has 2 aromatic carbocycles. The van der Waals surface area contributed by atoms with Gasteiger partial charge in [-0.3, -0.25) is 4.79 Å². The van der Waals surface area contributed by atoms with Crippen LogP contribution in [0.1, 0.15) is 45.7 Å². The topological polar surface area (TPSA) is 74.0 Å². The summed E-state index contributed by atoms with van der Waals surface area (Å²) in [4.78, 5) is 14.7. The van der Waals surface area contributed by atoms with Crippen molar-refractivity contribution in [3.63, 3.8) is 0 Å². The molecule has 0 radical (unpaired) electrons. The van der Waals surface area contributed by atoms with Gasteiger partial charge in [-0.05, 0) is 64.8 Å². The van der Waals surface area contributed by atoms with Crippen molar-refractivity contribution >= 4 is 5.91 Å². The minimum absolute atomic E-state index is 0.0589. The van der Waals surface area contributed by atoms with E-state index in [1.165, 1.54) is 11.0 Å². The van der Waals surface area contributed by atoms with Crippen LogP contribution >= 0.6 is 0 Å². The summed E-state index contributed by atoms with van der Waals surface area (Å²) >= 11 is 0. The maximum atomic E-state index is 14.3. The Hall–Kier alpha value is -2.55. The highest BCUT2D eigenvalue weighted by molar-refractivity contribution is 5.82. The second-order valence-electron chi connectivity index (χ2n) is 8.96. The Morgan fingerprint density at radius 1 is 1.03 bits per heavy atom. The van der Waals surface area contributed by atoms with Gasteiger partial charge in [0.05, 0.1) is 12.6 Å². The Bertz CT molecular complexity index is 910. The number of nitrogens with zero attached hydrogens (tertiary/aromatic N) is 1. The molecule has 0 fully saturated rings. The van der Waals surface area contributed by atoms with Crippen molar-refractivity contribution in [3.8, 4) is 5.75 Å². The summed E-state index contributed by atoms with van der Waals surface area (Å²) in [5.74, 6) is -1.08. The van der Waals surface area contributed by atoms with Crippen molar-refractivity contribution in [3.05, 3.63) is 65.2 Å². The number of nitrogens with two attached hydrogens (primary N) is 1. The van der Waals surface area contributed by atoms with E-state index < -0.39 is 24.0 Å². The van der Waals surface area contributed by atoms with Crippen LogP contribution in [0.25, 0.3) is 0 Å². The molecule has 2 rings (SSSR count). The van der Waals surface area contributed by atoms with Crippen molar-refractivity contribution < 1.29 is 27.8 Å². The fourth-order valence-corrected chi connectivity index (χ4v) is 3.42. The van der Waals surface area contributed by atoms with Crippen LogP contribution in [-0.4, -0.2) is 48.5 Å². The first-order valence-corrected chi connectivity index (χ1v) is 11.5. The number of halogens is 2. The van der Waals surface area contributed by atoms with E-state index in [1.54, 1.807) is 0 Å². The molecule has 0 unspecified atom stereocenters. The van der Waals surface area contributed by atoms with Gasteiger partial charge in [-0.1, -0.05) is 18.2 Å². The lowest BCUT2D eigenvalue weighted by molar-refractivity contribution is -0.160. The van der Waals surface area contributed by atoms with Gasteiger partial charge in [-0.25, -0.2) is 8.78 Å². The van der Waals surface area contributed by atoms with E-state index in [1.807, 2.05) is 58.9 Å². The molecule has 0 aliphatic heterocycles. The minimum Gasteiger partial charge on any atom is -0.488 e. The van der Waals surface area contributed by atoms with Gasteiger partial charge in [-0.15, -0.1) is 0 Å². The van der Waals surface area contributed by atoms with Gasteiger partial charge in [0.2, 0.25) is 5.91 Å². The van der Waals surface area contributed by atoms with Crippen LogP contribution in [0.15, 0.2) is 42.5 Å². The van der Waals surface area contributed by atoms with E-state index in [4.69, 9.17) is 19.9 Å². The molecule has 0 saturated carbocycles. The average molecular weight is 479 g/mol. The standard InChI is InChI=1S/C26H36F2N2O4/c1-6-32-24(33-7-2)17-30(16-19-10-11-20(27)15-22(19)28)25(31)23(29)14-18-8-12-21(13-9-18)34-26(3,4)5/h8-13,15,23-24H,6-7,14,16-17,29H2,1-5H3/t23-/m0/s1. The highest BCUT2D eigenvalue weighted by Gasteiger charge is 2.26. The Morgan fingerprint density at radius 2 is 1.65 bits per heavy atom. The van der Waals surface area contributed by atoms with E-state index in [0.29, 0.717) is 13.2 Å². The number of hydrogen-bond donors (Lipinski definition) is 1. The van der Waals surface area contributed by atoms with E-state index >= 15 is 0 Å². The second-order valence-corrected chi connectivity index (χ2v) is 8.96. The normalized spacial score (nSPS) is 12.6. The molecule has 0 saturated heterocycles. The summed E-state index contributed by atoms with van der Waals surface area (Å²) in [5.41, 5.74) is 6.99. The van der Waals surface area contributed by atoms with E-state index in [-0.39, 0.29) is 36.6 Å². The zero-order valence-electron chi connectivity index (χ0n) is 20.6. The molecule has 0 heterocycles. The van der Waals surface area contributed by atoms with Crippen LogP contribution in [0.3, 0.4) is 0 Å². The minimum atomic E-state index is -0.873. The van der Waals surface area contributed by atoms with Crippen LogP contribution in [0, 0.1) is 11.6 Å². The predicted octanol–water partition coefficient (Wildman–Crippen LogP) is 4.44. The molecule has 2 aromatic rings. The second kappa shape index (κ2) is 12.8. The van der Waals surface area contributed by atoms with Gasteiger partial charge >= 0.3 is 0 Å². The highest BCUT2D eigenvalue weighted by Crippen LogP contribution is 2.20. The number of carbonyl (C=O) groups is 1. The number of benzene rings is 2. The molecule has 2 N–H and O–H groups in total. The molecular weight excluding hydrogens is 442 g/mol. The summed E-state index contributed by atoms with van der Waals surface area (Å²) in [6.07, 6.45) is -0.409. The number of ether oxygens (including phenoxy) is 3. The molecule has 188 valence electrons. The lowest BCUT2D eigenvalue weighted by Gasteiger charge is -2.30. The molecule has 34 heavy (non-hydrogen) atoms. The first-order chi connectivity index (χ1) is 16.0. The molecule has 8 heteroatoms. The van der Waals surface area contributed by atoms with E-state index in [9.17, 15) is 13.6 Å². The third-order valence-electron chi connectivity index (χ3n) is 4.88. The summed E-state index contributed by atoms with van der Waals surface area (Å²) in [5, 5.41) is 0. The van der Waals surface area contributed by atoms with Gasteiger partial charge < -0.3 is 24.8 Å². The zero-order chi connectivity index (χ0) is 25.3. The van der Waals surface area contributed by atoms with Crippen molar-refractivity contribution in [1.29, 1.82) is 0 Å². The first-order valence-electron chi connectivity index (χ1n) is 11.5. The van der Waals surface area contributed by atoms with Crippen LogP contribution < -0.4 is 10.5 Å². The third kappa shape index (κ3) is 9.00. The summed E-state index contributed by atoms with van der Waals surface area (Å²) < 4.78 is 44.7. The summed E-state index contributed by atoms with van der Waals surface area (Å²) in [6.45, 7) is 10.3. The molecule has 0 bridgehead atoms. The van der Waals surface area contributed by atoms with Crippen molar-refractivity contribution in [2.45, 2.75) is 65.5 Å². The lowest BCUT2D eigenvalue weighted by Crippen LogP contribution is -2.48. The van der Waals surface area contributed by atoms with Crippen LogP contribution in [-0.2, 0) is 27.2 Å². The van der Waals surface area contributed by atoms with Crippen LogP contribution in [0.5, 0.6) is 5.75 Å². The summed E-state index contributed by atoms with van der Waals surface area (Å²) in [7, 11) is 0. The first kappa shape index (κ1) is 27.7. The Balaban J connectivity index is 2.17. The fourth-order valence-electron chi connectivity index (χ4n) is 3.42. The third-order valence-corrected chi connectivity index (χ3v) is 4.88. The van der Waals surface area contributed by atoms with Gasteiger partial charge in [0.1, 0.15) is 23.0 Å². The number of hydrogen-bond acceptors (Lipinski definition) is 5. The van der Waals surface area contributed by atoms with Gasteiger partial charge in [0, 0.05) is 31.4 Å². The molecule has 0 spiro atoms. The maximum Gasteiger partial charge on any atom is 0.240 e. The molecule has 0 aliphatic rings. The highest BCUT2D eigenvalue weighted by atomic mass is 19.1. The smallest absolute Gasteiger partial charge is 0.240 e. The quantitative estimate of drug-likeness (QED) is 0.457. The molecule has 1 atom stereocenters. The van der Waals surface area contributed by atoms with E-state index in [2.05, 4.69) is 0 Å². The Kier molecular flexibility index (Phi) is 10.4. The van der Waals surface area contributed by atoms with Crippen molar-refractivity contribution in [1.82, 2.24) is 4.90 Å². The number of rotatable bonds is 12. The zero-order valence-corrected chi connectivity index (χ0v) is 20.6. The van der Waals surface area contributed by atoms with Crippen molar-refractivity contribution in [2.24, 2.45) is 5.73 Å². The fraction of sp³-hybridized carbons (Fsp3) is 0.500. The molecule has 6 nitrogen and oxygen atoms in total. The van der Waals surface area contributed by atoms with Crippen molar-refractivity contribution in [2.75, 3.05) is 19.8 Å². The Labute approximate surface area is 201 Å². The SMILES string of the molecule is CCOC(CN(Cc1ccc(F)cc1F)C(=O)[C@@H](N)Cc1ccc(OC(C)(C)C)cc1)OCC. The Morgan fingerprint density at radius 3 is 2.18 bits per heavy atom. The molecule has 0 aromatic heterocycles. The predicted molar refractivity (Wildman–Crippen MR) is 127 cm³/mol. The number of carbonyl (C=O) groups excluding carboxylic acids is 1. The maximum absolute atomic E-state index is 14.3. The monoisotopic (exact) mass is 478 g/mol. The lowest BCUT2D eigenvalue weighted by atomic mass is 10.0. The summed E-state index contributed by atoms with van der Waals surface area (Å²) in [6, 6.07) is 9.80. The van der Waals surface area contributed by atoms with Crippen LogP contribution in [0.2, 0.25) is 0 Å². The van der Waals surface area contributed by atoms with Crippen LogP contribution in [0.4, 0.5) is 8.78 Å². The van der Waals surface area contributed by atoms with E-state index in [0.717, 1.165) is 23.4 Å². The molecule has 1 amide bonds. The van der Waals surface area contributed by atoms with Gasteiger partial charge in [0.15, 0.2) is 6.29 Å². The van der Waals surface area contributed by atoms with Gasteiger partial charge in [-0.2, -0.15) is 0 Å². The largest absolute Gasteiger partial charge is 0.488 e. The molecular formula is C26H36F2N2O4. The number of amides is 1. The van der Waals surface area contributed by atoms with Gasteiger partial charge in [0.25, 0.3) is 0 Å². The molecule has 0 aliphatic carbocycles.